The quantitative estimate of drug-likeness (QED) is 0.911. The van der Waals surface area contributed by atoms with Gasteiger partial charge in [0, 0.05) is 36.6 Å². The van der Waals surface area contributed by atoms with Crippen molar-refractivity contribution in [3.8, 4) is 0 Å². The molecule has 2 fully saturated rings. The fourth-order valence-electron chi connectivity index (χ4n) is 4.60. The van der Waals surface area contributed by atoms with E-state index in [1.165, 1.54) is 48.6 Å². The molecule has 0 radical (unpaired) electrons. The molecule has 0 unspecified atom stereocenters. The number of nitrogens with zero attached hydrogens (tertiary/aromatic N) is 1. The summed E-state index contributed by atoms with van der Waals surface area (Å²) in [4.78, 5) is 18.4. The van der Waals surface area contributed by atoms with Crippen molar-refractivity contribution in [2.45, 2.75) is 44.4 Å². The van der Waals surface area contributed by atoms with E-state index in [0.717, 1.165) is 13.1 Å². The number of aromatic amines is 1. The van der Waals surface area contributed by atoms with Gasteiger partial charge < -0.3 is 14.6 Å². The van der Waals surface area contributed by atoms with Gasteiger partial charge in [0.2, 0.25) is 5.91 Å². The maximum atomic E-state index is 12.9. The molecule has 0 spiro atoms. The summed E-state index contributed by atoms with van der Waals surface area (Å²) in [6.07, 6.45) is 9.23. The number of rotatable bonds is 4. The van der Waals surface area contributed by atoms with Crippen LogP contribution in [0.5, 0.6) is 0 Å². The molecular formula is C21H28N2O2. The van der Waals surface area contributed by atoms with Crippen LogP contribution in [0.15, 0.2) is 30.5 Å². The normalized spacial score (nSPS) is 20.7. The van der Waals surface area contributed by atoms with E-state index in [1.807, 2.05) is 4.90 Å². The van der Waals surface area contributed by atoms with Crippen LogP contribution in [0.3, 0.4) is 0 Å². The van der Waals surface area contributed by atoms with Crippen LogP contribution in [-0.2, 0) is 9.53 Å². The first kappa shape index (κ1) is 16.6. The van der Waals surface area contributed by atoms with Crippen molar-refractivity contribution in [2.24, 2.45) is 5.92 Å². The standard InChI is InChI=1S/C21H28N2O2/c24-21(23-10-12-25-13-11-23)14-18(16-6-2-1-3-7-16)19-15-22-20-9-5-4-8-17(19)20/h4-5,8-9,15-16,18,22H,1-3,6-7,10-14H2/t18-/m0/s1. The fraction of sp³-hybridized carbons (Fsp3) is 0.571. The van der Waals surface area contributed by atoms with E-state index >= 15 is 0 Å². The summed E-state index contributed by atoms with van der Waals surface area (Å²) in [5, 5.41) is 1.29. The Bertz CT molecular complexity index is 712. The Labute approximate surface area is 149 Å². The van der Waals surface area contributed by atoms with Gasteiger partial charge in [-0.15, -0.1) is 0 Å². The summed E-state index contributed by atoms with van der Waals surface area (Å²) in [6, 6.07) is 8.48. The molecule has 1 saturated heterocycles. The number of aromatic nitrogens is 1. The zero-order valence-electron chi connectivity index (χ0n) is 14.9. The molecule has 2 heterocycles. The van der Waals surface area contributed by atoms with Gasteiger partial charge in [-0.3, -0.25) is 4.79 Å². The molecule has 1 aliphatic carbocycles. The molecule has 1 aromatic carbocycles. The monoisotopic (exact) mass is 340 g/mol. The molecule has 2 aliphatic rings. The number of para-hydroxylation sites is 1. The van der Waals surface area contributed by atoms with Crippen molar-refractivity contribution >= 4 is 16.8 Å². The molecule has 134 valence electrons. The maximum absolute atomic E-state index is 12.9. The number of benzene rings is 1. The largest absolute Gasteiger partial charge is 0.378 e. The summed E-state index contributed by atoms with van der Waals surface area (Å²) < 4.78 is 5.40. The summed E-state index contributed by atoms with van der Waals surface area (Å²) in [6.45, 7) is 2.83. The van der Waals surface area contributed by atoms with Crippen LogP contribution in [0.2, 0.25) is 0 Å². The molecule has 1 aliphatic heterocycles. The molecule has 4 heteroatoms. The lowest BCUT2D eigenvalue weighted by molar-refractivity contribution is -0.136. The third kappa shape index (κ3) is 3.59. The van der Waals surface area contributed by atoms with Gasteiger partial charge in [0.25, 0.3) is 0 Å². The SMILES string of the molecule is O=C(C[C@H](c1c[nH]c2ccccc12)C1CCCCC1)N1CCOCC1. The van der Waals surface area contributed by atoms with E-state index in [-0.39, 0.29) is 0 Å². The lowest BCUT2D eigenvalue weighted by atomic mass is 9.75. The number of hydrogen-bond donors (Lipinski definition) is 1. The first-order valence-electron chi connectivity index (χ1n) is 9.74. The molecular weight excluding hydrogens is 312 g/mol. The Morgan fingerprint density at radius 1 is 1.16 bits per heavy atom. The summed E-state index contributed by atoms with van der Waals surface area (Å²) in [5.41, 5.74) is 2.52. The lowest BCUT2D eigenvalue weighted by Crippen LogP contribution is -2.41. The zero-order chi connectivity index (χ0) is 17.1. The second-order valence-electron chi connectivity index (χ2n) is 7.49. The minimum Gasteiger partial charge on any atom is -0.378 e. The van der Waals surface area contributed by atoms with Gasteiger partial charge in [-0.2, -0.15) is 0 Å². The van der Waals surface area contributed by atoms with Gasteiger partial charge in [0.05, 0.1) is 13.2 Å². The average Bonchev–Trinajstić information content (AvgIpc) is 3.11. The Kier molecular flexibility index (Phi) is 5.07. The maximum Gasteiger partial charge on any atom is 0.223 e. The number of H-pyrrole nitrogens is 1. The number of amides is 1. The van der Waals surface area contributed by atoms with E-state index in [9.17, 15) is 4.79 Å². The van der Waals surface area contributed by atoms with Crippen molar-refractivity contribution < 1.29 is 9.53 Å². The average molecular weight is 340 g/mol. The van der Waals surface area contributed by atoms with Gasteiger partial charge in [-0.05, 0) is 36.3 Å². The van der Waals surface area contributed by atoms with Crippen LogP contribution >= 0.6 is 0 Å². The molecule has 1 N–H and O–H groups in total. The van der Waals surface area contributed by atoms with Crippen molar-refractivity contribution in [3.63, 3.8) is 0 Å². The molecule has 1 atom stereocenters. The number of morpholine rings is 1. The van der Waals surface area contributed by atoms with Crippen LogP contribution in [0.1, 0.15) is 50.0 Å². The van der Waals surface area contributed by atoms with Gasteiger partial charge in [0.15, 0.2) is 0 Å². The first-order chi connectivity index (χ1) is 12.3. The number of ether oxygens (including phenoxy) is 1. The highest BCUT2D eigenvalue weighted by molar-refractivity contribution is 5.85. The molecule has 2 aromatic rings. The summed E-state index contributed by atoms with van der Waals surface area (Å²) in [7, 11) is 0. The minimum absolute atomic E-state index is 0.296. The number of hydrogen-bond acceptors (Lipinski definition) is 2. The highest BCUT2D eigenvalue weighted by atomic mass is 16.5. The smallest absolute Gasteiger partial charge is 0.223 e. The Morgan fingerprint density at radius 2 is 1.92 bits per heavy atom. The fourth-order valence-corrected chi connectivity index (χ4v) is 4.60. The van der Waals surface area contributed by atoms with E-state index in [4.69, 9.17) is 4.74 Å². The predicted octanol–water partition coefficient (Wildman–Crippen LogP) is 4.08. The van der Waals surface area contributed by atoms with E-state index < -0.39 is 0 Å². The zero-order valence-corrected chi connectivity index (χ0v) is 14.9. The van der Waals surface area contributed by atoms with Crippen molar-refractivity contribution in [1.82, 2.24) is 9.88 Å². The van der Waals surface area contributed by atoms with Crippen molar-refractivity contribution in [1.29, 1.82) is 0 Å². The molecule has 1 saturated carbocycles. The van der Waals surface area contributed by atoms with Crippen LogP contribution in [-0.4, -0.2) is 42.1 Å². The highest BCUT2D eigenvalue weighted by Crippen LogP contribution is 2.41. The third-order valence-electron chi connectivity index (χ3n) is 6.00. The van der Waals surface area contributed by atoms with Gasteiger partial charge in [-0.1, -0.05) is 37.5 Å². The van der Waals surface area contributed by atoms with E-state index in [1.54, 1.807) is 0 Å². The molecule has 4 nitrogen and oxygen atoms in total. The summed E-state index contributed by atoms with van der Waals surface area (Å²) >= 11 is 0. The van der Waals surface area contributed by atoms with Crippen LogP contribution in [0, 0.1) is 5.92 Å². The molecule has 1 amide bonds. The lowest BCUT2D eigenvalue weighted by Gasteiger charge is -2.33. The second-order valence-corrected chi connectivity index (χ2v) is 7.49. The van der Waals surface area contributed by atoms with E-state index in [2.05, 4.69) is 35.4 Å². The molecule has 25 heavy (non-hydrogen) atoms. The second kappa shape index (κ2) is 7.61. The molecule has 0 bridgehead atoms. The van der Waals surface area contributed by atoms with Crippen LogP contribution in [0.25, 0.3) is 10.9 Å². The third-order valence-corrected chi connectivity index (χ3v) is 6.00. The number of nitrogens with one attached hydrogen (secondary N) is 1. The Morgan fingerprint density at radius 3 is 2.72 bits per heavy atom. The van der Waals surface area contributed by atoms with Crippen molar-refractivity contribution in [3.05, 3.63) is 36.0 Å². The highest BCUT2D eigenvalue weighted by Gasteiger charge is 2.30. The number of carbonyl (C=O) groups excluding carboxylic acids is 1. The van der Waals surface area contributed by atoms with Gasteiger partial charge in [0.1, 0.15) is 0 Å². The molecule has 1 aromatic heterocycles. The van der Waals surface area contributed by atoms with Crippen molar-refractivity contribution in [2.75, 3.05) is 26.3 Å². The molecule has 4 rings (SSSR count). The van der Waals surface area contributed by atoms with Crippen LogP contribution in [0.4, 0.5) is 0 Å². The summed E-state index contributed by atoms with van der Waals surface area (Å²) in [5.74, 6) is 1.24. The topological polar surface area (TPSA) is 45.3 Å². The Balaban J connectivity index is 1.60. The number of carbonyl (C=O) groups is 1. The first-order valence-corrected chi connectivity index (χ1v) is 9.74. The van der Waals surface area contributed by atoms with E-state index in [0.29, 0.717) is 37.4 Å². The van der Waals surface area contributed by atoms with Gasteiger partial charge in [-0.25, -0.2) is 0 Å². The van der Waals surface area contributed by atoms with Gasteiger partial charge >= 0.3 is 0 Å². The minimum atomic E-state index is 0.296. The van der Waals surface area contributed by atoms with Crippen LogP contribution < -0.4 is 0 Å². The predicted molar refractivity (Wildman–Crippen MR) is 99.6 cm³/mol. The number of fused-ring (bicyclic) bond motifs is 1. The Hall–Kier alpha value is -1.81.